The van der Waals surface area contributed by atoms with Crippen molar-refractivity contribution in [2.75, 3.05) is 11.9 Å². The molecule has 0 aliphatic carbocycles. The van der Waals surface area contributed by atoms with Crippen molar-refractivity contribution in [3.8, 4) is 0 Å². The van der Waals surface area contributed by atoms with Gasteiger partial charge in [-0.2, -0.15) is 0 Å². The summed E-state index contributed by atoms with van der Waals surface area (Å²) in [6.07, 6.45) is 4.49. The lowest BCUT2D eigenvalue weighted by Crippen LogP contribution is -2.25. The Morgan fingerprint density at radius 3 is 2.78 bits per heavy atom. The van der Waals surface area contributed by atoms with Crippen LogP contribution in [0, 0.1) is 0 Å². The fraction of sp³-hybridized carbons (Fsp3) is 0.312. The first-order valence-corrected chi connectivity index (χ1v) is 8.18. The van der Waals surface area contributed by atoms with Crippen molar-refractivity contribution in [2.45, 2.75) is 26.2 Å². The number of anilines is 2. The van der Waals surface area contributed by atoms with E-state index in [9.17, 15) is 4.79 Å². The van der Waals surface area contributed by atoms with E-state index < -0.39 is 0 Å². The molecule has 0 bridgehead atoms. The predicted molar refractivity (Wildman–Crippen MR) is 93.6 cm³/mol. The molecule has 1 aromatic heterocycles. The second kappa shape index (κ2) is 8.70. The third kappa shape index (κ3) is 5.37. The Balaban J connectivity index is 2.04. The number of benzene rings is 1. The Labute approximate surface area is 145 Å². The summed E-state index contributed by atoms with van der Waals surface area (Å²) >= 11 is 12.1. The number of halogens is 2. The molecule has 1 aromatic carbocycles. The van der Waals surface area contributed by atoms with Gasteiger partial charge in [-0.05, 0) is 24.6 Å². The zero-order valence-electron chi connectivity index (χ0n) is 12.8. The first-order valence-electron chi connectivity index (χ1n) is 7.42. The molecular weight excluding hydrogens is 335 g/mol. The number of nitrogens with one attached hydrogen (secondary N) is 2. The number of carbonyl (C=O) groups excluding carboxylic acids is 1. The highest BCUT2D eigenvalue weighted by atomic mass is 35.5. The summed E-state index contributed by atoms with van der Waals surface area (Å²) in [5, 5.41) is 6.95. The van der Waals surface area contributed by atoms with Crippen molar-refractivity contribution >= 4 is 40.6 Å². The van der Waals surface area contributed by atoms with E-state index in [1.807, 2.05) is 0 Å². The minimum Gasteiger partial charge on any atom is -0.351 e. The third-order valence-electron chi connectivity index (χ3n) is 3.16. The van der Waals surface area contributed by atoms with Crippen LogP contribution in [0.25, 0.3) is 0 Å². The molecule has 1 amide bonds. The van der Waals surface area contributed by atoms with Gasteiger partial charge in [0.15, 0.2) is 0 Å². The minimum absolute atomic E-state index is 0.219. The molecule has 23 heavy (non-hydrogen) atoms. The zero-order chi connectivity index (χ0) is 16.7. The molecule has 2 N–H and O–H groups in total. The number of unbranched alkanes of at least 4 members (excludes halogenated alkanes) is 2. The zero-order valence-corrected chi connectivity index (χ0v) is 14.3. The highest BCUT2D eigenvalue weighted by Gasteiger charge is 2.09. The molecule has 0 radical (unpaired) electrons. The van der Waals surface area contributed by atoms with Crippen molar-refractivity contribution in [3.63, 3.8) is 0 Å². The van der Waals surface area contributed by atoms with Gasteiger partial charge in [0.05, 0.1) is 10.7 Å². The molecule has 0 aliphatic heterocycles. The van der Waals surface area contributed by atoms with E-state index in [2.05, 4.69) is 27.5 Å². The summed E-state index contributed by atoms with van der Waals surface area (Å²) in [4.78, 5) is 20.1. The Kier molecular flexibility index (Phi) is 6.62. The second-order valence-electron chi connectivity index (χ2n) is 5.00. The molecule has 5 nitrogen and oxygen atoms in total. The van der Waals surface area contributed by atoms with Crippen LogP contribution in [0.2, 0.25) is 10.0 Å². The van der Waals surface area contributed by atoms with Gasteiger partial charge >= 0.3 is 0 Å². The lowest BCUT2D eigenvalue weighted by Gasteiger charge is -2.09. The molecule has 0 atom stereocenters. The van der Waals surface area contributed by atoms with Crippen LogP contribution in [0.15, 0.2) is 30.6 Å². The van der Waals surface area contributed by atoms with E-state index in [1.165, 1.54) is 6.33 Å². The van der Waals surface area contributed by atoms with E-state index in [1.54, 1.807) is 24.3 Å². The monoisotopic (exact) mass is 352 g/mol. The topological polar surface area (TPSA) is 66.9 Å². The van der Waals surface area contributed by atoms with Crippen LogP contribution in [0.3, 0.4) is 0 Å². The Bertz CT molecular complexity index is 679. The largest absolute Gasteiger partial charge is 0.351 e. The Hall–Kier alpha value is -1.85. The predicted octanol–water partition coefficient (Wildman–Crippen LogP) is 4.45. The maximum absolute atomic E-state index is 12.1. The quantitative estimate of drug-likeness (QED) is 0.722. The number of hydrogen-bond acceptors (Lipinski definition) is 4. The lowest BCUT2D eigenvalue weighted by molar-refractivity contribution is 0.0948. The average molecular weight is 353 g/mol. The van der Waals surface area contributed by atoms with Crippen LogP contribution in [0.4, 0.5) is 11.5 Å². The molecule has 0 fully saturated rings. The first-order chi connectivity index (χ1) is 11.1. The van der Waals surface area contributed by atoms with Crippen molar-refractivity contribution < 1.29 is 4.79 Å². The van der Waals surface area contributed by atoms with Gasteiger partial charge in [0.2, 0.25) is 0 Å². The summed E-state index contributed by atoms with van der Waals surface area (Å²) < 4.78 is 0. The molecule has 1 heterocycles. The summed E-state index contributed by atoms with van der Waals surface area (Å²) in [5.41, 5.74) is 0.921. The van der Waals surface area contributed by atoms with Crippen molar-refractivity contribution in [2.24, 2.45) is 0 Å². The minimum atomic E-state index is -0.219. The maximum atomic E-state index is 12.1. The lowest BCUT2D eigenvalue weighted by atomic mass is 10.2. The molecule has 122 valence electrons. The number of aromatic nitrogens is 2. The molecule has 2 rings (SSSR count). The van der Waals surface area contributed by atoms with Crippen molar-refractivity contribution in [3.05, 3.63) is 46.3 Å². The van der Waals surface area contributed by atoms with Gasteiger partial charge in [0.1, 0.15) is 17.8 Å². The van der Waals surface area contributed by atoms with Crippen molar-refractivity contribution in [1.29, 1.82) is 0 Å². The fourth-order valence-corrected chi connectivity index (χ4v) is 2.29. The molecule has 0 aliphatic rings. The van der Waals surface area contributed by atoms with E-state index >= 15 is 0 Å². The molecular formula is C16H18Cl2N4O. The van der Waals surface area contributed by atoms with Crippen LogP contribution >= 0.6 is 23.2 Å². The van der Waals surface area contributed by atoms with Crippen LogP contribution in [-0.4, -0.2) is 22.4 Å². The third-order valence-corrected chi connectivity index (χ3v) is 3.72. The van der Waals surface area contributed by atoms with Gasteiger partial charge in [-0.15, -0.1) is 0 Å². The average Bonchev–Trinajstić information content (AvgIpc) is 2.55. The summed E-state index contributed by atoms with van der Waals surface area (Å²) in [6.45, 7) is 2.75. The standard InChI is InChI=1S/C16H18Cl2N4O/c1-2-3-4-7-19-16(23)14-9-15(21-10-20-14)22-13-8-11(17)5-6-12(13)18/h5-6,8-10H,2-4,7H2,1H3,(H,19,23)(H,20,21,22). The number of nitrogens with zero attached hydrogens (tertiary/aromatic N) is 2. The first kappa shape index (κ1) is 17.5. The molecule has 2 aromatic rings. The van der Waals surface area contributed by atoms with Gasteiger partial charge < -0.3 is 10.6 Å². The number of rotatable bonds is 7. The van der Waals surface area contributed by atoms with Crippen molar-refractivity contribution in [1.82, 2.24) is 15.3 Å². The molecule has 0 unspecified atom stereocenters. The van der Waals surface area contributed by atoms with E-state index in [0.29, 0.717) is 33.8 Å². The molecule has 0 saturated heterocycles. The summed E-state index contributed by atoms with van der Waals surface area (Å²) in [6, 6.07) is 6.65. The summed E-state index contributed by atoms with van der Waals surface area (Å²) in [7, 11) is 0. The normalized spacial score (nSPS) is 10.4. The SMILES string of the molecule is CCCCCNC(=O)c1cc(Nc2cc(Cl)ccc2Cl)ncn1. The van der Waals surface area contributed by atoms with Gasteiger partial charge in [0, 0.05) is 17.6 Å². The van der Waals surface area contributed by atoms with E-state index in [-0.39, 0.29) is 5.91 Å². The van der Waals surface area contributed by atoms with Gasteiger partial charge in [-0.1, -0.05) is 43.0 Å². The van der Waals surface area contributed by atoms with Crippen LogP contribution < -0.4 is 10.6 Å². The van der Waals surface area contributed by atoms with Gasteiger partial charge in [-0.3, -0.25) is 4.79 Å². The number of amides is 1. The number of hydrogen-bond donors (Lipinski definition) is 2. The van der Waals surface area contributed by atoms with E-state index in [4.69, 9.17) is 23.2 Å². The highest BCUT2D eigenvalue weighted by Crippen LogP contribution is 2.27. The molecule has 0 saturated carbocycles. The van der Waals surface area contributed by atoms with Crippen LogP contribution in [0.1, 0.15) is 36.7 Å². The van der Waals surface area contributed by atoms with Crippen LogP contribution in [-0.2, 0) is 0 Å². The molecule has 0 spiro atoms. The Morgan fingerprint density at radius 2 is 2.00 bits per heavy atom. The fourth-order valence-electron chi connectivity index (χ4n) is 1.95. The van der Waals surface area contributed by atoms with Gasteiger partial charge in [-0.25, -0.2) is 9.97 Å². The van der Waals surface area contributed by atoms with Crippen LogP contribution in [0.5, 0.6) is 0 Å². The molecule has 7 heteroatoms. The highest BCUT2D eigenvalue weighted by molar-refractivity contribution is 6.35. The smallest absolute Gasteiger partial charge is 0.270 e. The summed E-state index contributed by atoms with van der Waals surface area (Å²) in [5.74, 6) is 0.256. The second-order valence-corrected chi connectivity index (χ2v) is 5.84. The Morgan fingerprint density at radius 1 is 1.17 bits per heavy atom. The van der Waals surface area contributed by atoms with Gasteiger partial charge in [0.25, 0.3) is 5.91 Å². The van der Waals surface area contributed by atoms with E-state index in [0.717, 1.165) is 19.3 Å². The maximum Gasteiger partial charge on any atom is 0.270 e. The number of carbonyl (C=O) groups is 1.